The first-order chi connectivity index (χ1) is 12.6. The number of aromatic nitrogens is 1. The van der Waals surface area contributed by atoms with Crippen LogP contribution < -0.4 is 14.8 Å². The Hall–Kier alpha value is -2.93. The highest BCUT2D eigenvalue weighted by molar-refractivity contribution is 5.96. The highest BCUT2D eigenvalue weighted by atomic mass is 16.5. The predicted molar refractivity (Wildman–Crippen MR) is 96.8 cm³/mol. The van der Waals surface area contributed by atoms with Gasteiger partial charge in [-0.3, -0.25) is 9.59 Å². The van der Waals surface area contributed by atoms with Crippen LogP contribution >= 0.6 is 0 Å². The molecule has 0 radical (unpaired) electrons. The molecule has 0 bridgehead atoms. The molecule has 2 rings (SSSR count). The normalized spacial score (nSPS) is 10.2. The molecule has 0 spiro atoms. The van der Waals surface area contributed by atoms with Gasteiger partial charge in [0.05, 0.1) is 18.5 Å². The Morgan fingerprint density at radius 1 is 1.04 bits per heavy atom. The first kappa shape index (κ1) is 19.4. The van der Waals surface area contributed by atoms with Gasteiger partial charge in [0.1, 0.15) is 12.4 Å². The van der Waals surface area contributed by atoms with Gasteiger partial charge in [-0.05, 0) is 30.3 Å². The highest BCUT2D eigenvalue weighted by Gasteiger charge is 2.06. The van der Waals surface area contributed by atoms with Gasteiger partial charge < -0.3 is 19.5 Å². The third-order valence-electron chi connectivity index (χ3n) is 3.42. The number of carbonyl (C=O) groups is 2. The number of pyridine rings is 1. The number of Topliss-reactive ketones (excluding diaryl/α,β-unsaturated/α-hetero) is 1. The Morgan fingerprint density at radius 2 is 1.81 bits per heavy atom. The lowest BCUT2D eigenvalue weighted by molar-refractivity contribution is -0.118. The Balaban J connectivity index is 1.78. The van der Waals surface area contributed by atoms with Crippen LogP contribution in [0.5, 0.6) is 11.6 Å². The monoisotopic (exact) mass is 358 g/mol. The summed E-state index contributed by atoms with van der Waals surface area (Å²) in [5, 5.41) is 2.68. The standard InChI is InChI=1S/C19H22N2O5/c1-3-17(22)14-4-7-16(8-5-14)26-13-18(23)21-15-6-9-19(20-12-15)25-11-10-24-2/h4-9,12H,3,10-11,13H2,1-2H3,(H,21,23). The lowest BCUT2D eigenvalue weighted by atomic mass is 10.1. The summed E-state index contributed by atoms with van der Waals surface area (Å²) in [5.41, 5.74) is 1.17. The van der Waals surface area contributed by atoms with E-state index >= 15 is 0 Å². The number of methoxy groups -OCH3 is 1. The third kappa shape index (κ3) is 6.18. The van der Waals surface area contributed by atoms with Crippen LogP contribution in [0.25, 0.3) is 0 Å². The molecule has 26 heavy (non-hydrogen) atoms. The number of nitrogens with zero attached hydrogens (tertiary/aromatic N) is 1. The third-order valence-corrected chi connectivity index (χ3v) is 3.42. The van der Waals surface area contributed by atoms with Gasteiger partial charge in [0.2, 0.25) is 5.88 Å². The minimum absolute atomic E-state index is 0.0661. The lowest BCUT2D eigenvalue weighted by Gasteiger charge is -2.09. The van der Waals surface area contributed by atoms with Crippen molar-refractivity contribution in [3.8, 4) is 11.6 Å². The number of carbonyl (C=O) groups excluding carboxylic acids is 2. The molecule has 1 aromatic heterocycles. The van der Waals surface area contributed by atoms with Crippen LogP contribution in [-0.2, 0) is 9.53 Å². The number of nitrogens with one attached hydrogen (secondary N) is 1. The Morgan fingerprint density at radius 3 is 2.42 bits per heavy atom. The Kier molecular flexibility index (Phi) is 7.57. The van der Waals surface area contributed by atoms with Crippen molar-refractivity contribution < 1.29 is 23.8 Å². The van der Waals surface area contributed by atoms with E-state index in [1.165, 1.54) is 6.20 Å². The van der Waals surface area contributed by atoms with E-state index in [1.54, 1.807) is 43.5 Å². The highest BCUT2D eigenvalue weighted by Crippen LogP contribution is 2.14. The minimum Gasteiger partial charge on any atom is -0.484 e. The van der Waals surface area contributed by atoms with Gasteiger partial charge in [-0.15, -0.1) is 0 Å². The molecule has 7 nitrogen and oxygen atoms in total. The molecule has 0 unspecified atom stereocenters. The molecule has 7 heteroatoms. The van der Waals surface area contributed by atoms with Crippen LogP contribution in [-0.4, -0.2) is 43.6 Å². The molecule has 0 aliphatic carbocycles. The average Bonchev–Trinajstić information content (AvgIpc) is 2.68. The molecule has 1 aromatic carbocycles. The van der Waals surface area contributed by atoms with Crippen molar-refractivity contribution in [1.82, 2.24) is 4.98 Å². The van der Waals surface area contributed by atoms with Gasteiger partial charge >= 0.3 is 0 Å². The quantitative estimate of drug-likeness (QED) is 0.519. The molecular weight excluding hydrogens is 336 g/mol. The van der Waals surface area contributed by atoms with Gasteiger partial charge in [0.25, 0.3) is 5.91 Å². The van der Waals surface area contributed by atoms with E-state index in [-0.39, 0.29) is 18.3 Å². The van der Waals surface area contributed by atoms with Crippen molar-refractivity contribution in [2.24, 2.45) is 0 Å². The van der Waals surface area contributed by atoms with Gasteiger partial charge in [-0.2, -0.15) is 0 Å². The van der Waals surface area contributed by atoms with Crippen LogP contribution in [0.4, 0.5) is 5.69 Å². The van der Waals surface area contributed by atoms with Crippen molar-refractivity contribution in [3.63, 3.8) is 0 Å². The second-order valence-corrected chi connectivity index (χ2v) is 5.36. The number of hydrogen-bond acceptors (Lipinski definition) is 6. The number of benzene rings is 1. The summed E-state index contributed by atoms with van der Waals surface area (Å²) in [6.07, 6.45) is 1.96. The van der Waals surface area contributed by atoms with Crippen molar-refractivity contribution in [3.05, 3.63) is 48.2 Å². The van der Waals surface area contributed by atoms with Gasteiger partial charge in [0, 0.05) is 25.2 Å². The predicted octanol–water partition coefficient (Wildman–Crippen LogP) is 2.72. The van der Waals surface area contributed by atoms with E-state index in [2.05, 4.69) is 10.3 Å². The molecule has 138 valence electrons. The number of anilines is 1. The smallest absolute Gasteiger partial charge is 0.262 e. The number of rotatable bonds is 10. The molecule has 0 aliphatic heterocycles. The molecule has 0 saturated carbocycles. The van der Waals surface area contributed by atoms with E-state index in [4.69, 9.17) is 14.2 Å². The van der Waals surface area contributed by atoms with E-state index in [9.17, 15) is 9.59 Å². The molecule has 0 atom stereocenters. The lowest BCUT2D eigenvalue weighted by Crippen LogP contribution is -2.20. The molecular formula is C19H22N2O5. The van der Waals surface area contributed by atoms with E-state index in [0.717, 1.165) is 0 Å². The summed E-state index contributed by atoms with van der Waals surface area (Å²) in [7, 11) is 1.59. The fraction of sp³-hybridized carbons (Fsp3) is 0.316. The zero-order chi connectivity index (χ0) is 18.8. The van der Waals surface area contributed by atoms with E-state index in [1.807, 2.05) is 6.92 Å². The first-order valence-corrected chi connectivity index (χ1v) is 8.26. The molecule has 2 aromatic rings. The van der Waals surface area contributed by atoms with Crippen molar-refractivity contribution in [1.29, 1.82) is 0 Å². The SMILES string of the molecule is CCC(=O)c1ccc(OCC(=O)Nc2ccc(OCCOC)nc2)cc1. The second kappa shape index (κ2) is 10.1. The fourth-order valence-corrected chi connectivity index (χ4v) is 2.06. The maximum atomic E-state index is 11.9. The number of ether oxygens (including phenoxy) is 3. The topological polar surface area (TPSA) is 86.8 Å². The molecule has 1 heterocycles. The van der Waals surface area contributed by atoms with Crippen LogP contribution in [0.3, 0.4) is 0 Å². The number of hydrogen-bond donors (Lipinski definition) is 1. The van der Waals surface area contributed by atoms with E-state index < -0.39 is 0 Å². The van der Waals surface area contributed by atoms with Gasteiger partial charge in [0.15, 0.2) is 12.4 Å². The van der Waals surface area contributed by atoms with Crippen LogP contribution in [0.1, 0.15) is 23.7 Å². The molecule has 0 aliphatic rings. The summed E-state index contributed by atoms with van der Waals surface area (Å²) in [6.45, 7) is 2.55. The second-order valence-electron chi connectivity index (χ2n) is 5.36. The fourth-order valence-electron chi connectivity index (χ4n) is 2.06. The molecule has 1 amide bonds. The summed E-state index contributed by atoms with van der Waals surface area (Å²) < 4.78 is 15.7. The summed E-state index contributed by atoms with van der Waals surface area (Å²) in [5.74, 6) is 0.732. The number of amides is 1. The summed E-state index contributed by atoms with van der Waals surface area (Å²) in [6, 6.07) is 10.1. The largest absolute Gasteiger partial charge is 0.484 e. The number of ketones is 1. The zero-order valence-corrected chi connectivity index (χ0v) is 14.9. The van der Waals surface area contributed by atoms with Gasteiger partial charge in [-0.1, -0.05) is 6.92 Å². The zero-order valence-electron chi connectivity index (χ0n) is 14.9. The van der Waals surface area contributed by atoms with Crippen molar-refractivity contribution in [2.75, 3.05) is 32.2 Å². The average molecular weight is 358 g/mol. The van der Waals surface area contributed by atoms with Crippen LogP contribution in [0, 0.1) is 0 Å². The maximum Gasteiger partial charge on any atom is 0.262 e. The Bertz CT molecular complexity index is 714. The Labute approximate surface area is 152 Å². The molecule has 0 fully saturated rings. The molecule has 1 N–H and O–H groups in total. The maximum absolute atomic E-state index is 11.9. The van der Waals surface area contributed by atoms with Crippen molar-refractivity contribution >= 4 is 17.4 Å². The van der Waals surface area contributed by atoms with Crippen LogP contribution in [0.2, 0.25) is 0 Å². The molecule has 0 saturated heterocycles. The van der Waals surface area contributed by atoms with Crippen LogP contribution in [0.15, 0.2) is 42.6 Å². The van der Waals surface area contributed by atoms with Gasteiger partial charge in [-0.25, -0.2) is 4.98 Å². The summed E-state index contributed by atoms with van der Waals surface area (Å²) in [4.78, 5) is 27.6. The summed E-state index contributed by atoms with van der Waals surface area (Å²) >= 11 is 0. The van der Waals surface area contributed by atoms with E-state index in [0.29, 0.717) is 42.5 Å². The first-order valence-electron chi connectivity index (χ1n) is 8.26. The van der Waals surface area contributed by atoms with Crippen molar-refractivity contribution in [2.45, 2.75) is 13.3 Å². The minimum atomic E-state index is -0.312.